The minimum Gasteiger partial charge on any atom is -0.384 e. The molecule has 7 heteroatoms. The lowest BCUT2D eigenvalue weighted by atomic mass is 10.3. The molecular weight excluding hydrogens is 282 g/mol. The topological polar surface area (TPSA) is 71.1 Å². The molecule has 0 amide bonds. The average molecular weight is 297 g/mol. The van der Waals surface area contributed by atoms with Crippen molar-refractivity contribution in [2.24, 2.45) is 0 Å². The summed E-state index contributed by atoms with van der Waals surface area (Å²) in [6.07, 6.45) is 1.65. The van der Waals surface area contributed by atoms with E-state index in [1.54, 1.807) is 30.5 Å². The number of aromatic nitrogens is 1. The number of anilines is 1. The van der Waals surface area contributed by atoms with Crippen LogP contribution >= 0.6 is 11.3 Å². The van der Waals surface area contributed by atoms with Crippen LogP contribution in [-0.4, -0.2) is 19.9 Å². The lowest BCUT2D eigenvalue weighted by Crippen LogP contribution is -2.24. The third kappa shape index (κ3) is 3.52. The summed E-state index contributed by atoms with van der Waals surface area (Å²) in [4.78, 5) is 4.31. The molecule has 0 unspecified atom stereocenters. The third-order valence-corrected chi connectivity index (χ3v) is 4.68. The van der Waals surface area contributed by atoms with Gasteiger partial charge in [-0.05, 0) is 19.1 Å². The van der Waals surface area contributed by atoms with Crippen LogP contribution in [0.2, 0.25) is 0 Å². The molecule has 1 aromatic carbocycles. The Balaban J connectivity index is 2.19. The number of rotatable bonds is 6. The molecule has 19 heavy (non-hydrogen) atoms. The summed E-state index contributed by atoms with van der Waals surface area (Å²) in [5.74, 6) is 0. The predicted octanol–water partition coefficient (Wildman–Crippen LogP) is 2.05. The van der Waals surface area contributed by atoms with Gasteiger partial charge in [0.05, 0.1) is 12.2 Å². The van der Waals surface area contributed by atoms with Crippen molar-refractivity contribution in [3.05, 3.63) is 40.8 Å². The fourth-order valence-corrected chi connectivity index (χ4v) is 3.43. The van der Waals surface area contributed by atoms with Gasteiger partial charge in [0.15, 0.2) is 0 Å². The van der Waals surface area contributed by atoms with E-state index in [1.165, 1.54) is 11.3 Å². The first-order valence-electron chi connectivity index (χ1n) is 5.84. The zero-order chi connectivity index (χ0) is 13.7. The molecule has 2 aromatic rings. The first-order valence-corrected chi connectivity index (χ1v) is 8.20. The summed E-state index contributed by atoms with van der Waals surface area (Å²) in [5, 5.41) is 5.60. The normalized spacial score (nSPS) is 11.4. The Kier molecular flexibility index (Phi) is 4.52. The Morgan fingerprint density at radius 1 is 1.32 bits per heavy atom. The van der Waals surface area contributed by atoms with Gasteiger partial charge in [-0.15, -0.1) is 11.3 Å². The molecule has 1 heterocycles. The van der Waals surface area contributed by atoms with Gasteiger partial charge in [0.1, 0.15) is 9.90 Å². The van der Waals surface area contributed by atoms with Crippen molar-refractivity contribution in [2.75, 3.05) is 11.9 Å². The van der Waals surface area contributed by atoms with Crippen LogP contribution in [0.5, 0.6) is 0 Å². The fraction of sp³-hybridized carbons (Fsp3) is 0.250. The quantitative estimate of drug-likeness (QED) is 0.856. The van der Waals surface area contributed by atoms with Crippen molar-refractivity contribution in [2.45, 2.75) is 18.4 Å². The number of nitrogens with one attached hydrogen (secondary N) is 2. The van der Waals surface area contributed by atoms with Crippen LogP contribution in [-0.2, 0) is 16.6 Å². The second-order valence-electron chi connectivity index (χ2n) is 3.78. The second-order valence-corrected chi connectivity index (χ2v) is 6.49. The van der Waals surface area contributed by atoms with Crippen LogP contribution in [0.25, 0.3) is 0 Å². The number of thiazole rings is 1. The van der Waals surface area contributed by atoms with Crippen molar-refractivity contribution in [3.8, 4) is 0 Å². The molecule has 0 fully saturated rings. The van der Waals surface area contributed by atoms with E-state index in [4.69, 9.17) is 0 Å². The van der Waals surface area contributed by atoms with Crippen molar-refractivity contribution < 1.29 is 8.42 Å². The number of sulfonamides is 1. The summed E-state index contributed by atoms with van der Waals surface area (Å²) >= 11 is 1.42. The Morgan fingerprint density at radius 3 is 2.79 bits per heavy atom. The number of nitrogens with zero attached hydrogens (tertiary/aromatic N) is 1. The first-order chi connectivity index (χ1) is 9.13. The summed E-state index contributed by atoms with van der Waals surface area (Å²) in [6, 6.07) is 6.85. The first kappa shape index (κ1) is 14.0. The Morgan fingerprint density at radius 2 is 2.11 bits per heavy atom. The highest BCUT2D eigenvalue weighted by atomic mass is 32.2. The maximum atomic E-state index is 12.2. The molecule has 0 saturated carbocycles. The van der Waals surface area contributed by atoms with Crippen LogP contribution in [0.4, 0.5) is 5.69 Å². The van der Waals surface area contributed by atoms with E-state index in [-0.39, 0.29) is 11.4 Å². The standard InChI is InChI=1S/C12H15N3O2S2/c1-2-13-10-5-3-4-6-11(10)19(16,17)15-9-12-14-7-8-18-12/h3-8,13,15H,2,9H2,1H3. The Hall–Kier alpha value is -1.44. The zero-order valence-electron chi connectivity index (χ0n) is 10.5. The Bertz CT molecular complexity index is 624. The molecule has 0 saturated heterocycles. The molecule has 0 aliphatic carbocycles. The molecule has 0 aliphatic heterocycles. The van der Waals surface area contributed by atoms with E-state index < -0.39 is 10.0 Å². The molecule has 0 radical (unpaired) electrons. The molecule has 102 valence electrons. The van der Waals surface area contributed by atoms with E-state index in [0.29, 0.717) is 12.2 Å². The highest BCUT2D eigenvalue weighted by Gasteiger charge is 2.17. The molecule has 0 spiro atoms. The molecule has 2 rings (SSSR count). The van der Waals surface area contributed by atoms with Gasteiger partial charge in [0.25, 0.3) is 0 Å². The van der Waals surface area contributed by atoms with E-state index in [2.05, 4.69) is 15.0 Å². The van der Waals surface area contributed by atoms with E-state index in [0.717, 1.165) is 5.01 Å². The molecular formula is C12H15N3O2S2. The van der Waals surface area contributed by atoms with Crippen LogP contribution in [0.3, 0.4) is 0 Å². The van der Waals surface area contributed by atoms with Gasteiger partial charge in [-0.3, -0.25) is 0 Å². The van der Waals surface area contributed by atoms with Gasteiger partial charge < -0.3 is 5.32 Å². The Labute approximate surface area is 116 Å². The van der Waals surface area contributed by atoms with E-state index >= 15 is 0 Å². The van der Waals surface area contributed by atoms with Crippen LogP contribution in [0, 0.1) is 0 Å². The van der Waals surface area contributed by atoms with Crippen molar-refractivity contribution in [1.82, 2.24) is 9.71 Å². The van der Waals surface area contributed by atoms with Gasteiger partial charge >= 0.3 is 0 Å². The number of hydrogen-bond acceptors (Lipinski definition) is 5. The zero-order valence-corrected chi connectivity index (χ0v) is 12.1. The number of benzene rings is 1. The van der Waals surface area contributed by atoms with E-state index in [9.17, 15) is 8.42 Å². The maximum absolute atomic E-state index is 12.2. The maximum Gasteiger partial charge on any atom is 0.243 e. The van der Waals surface area contributed by atoms with Gasteiger partial charge in [-0.1, -0.05) is 12.1 Å². The van der Waals surface area contributed by atoms with Crippen molar-refractivity contribution in [3.63, 3.8) is 0 Å². The van der Waals surface area contributed by atoms with Gasteiger partial charge in [0, 0.05) is 18.1 Å². The molecule has 1 aromatic heterocycles. The second kappa shape index (κ2) is 6.14. The van der Waals surface area contributed by atoms with Crippen LogP contribution in [0.1, 0.15) is 11.9 Å². The smallest absolute Gasteiger partial charge is 0.243 e. The molecule has 5 nitrogen and oxygen atoms in total. The predicted molar refractivity (Wildman–Crippen MR) is 76.7 cm³/mol. The summed E-state index contributed by atoms with van der Waals surface area (Å²) in [5.41, 5.74) is 0.608. The SMILES string of the molecule is CCNc1ccccc1S(=O)(=O)NCc1nccs1. The van der Waals surface area contributed by atoms with Gasteiger partial charge in [-0.25, -0.2) is 18.1 Å². The fourth-order valence-electron chi connectivity index (χ4n) is 1.61. The summed E-state index contributed by atoms with van der Waals surface area (Å²) < 4.78 is 27.1. The van der Waals surface area contributed by atoms with E-state index in [1.807, 2.05) is 12.3 Å². The summed E-state index contributed by atoms with van der Waals surface area (Å²) in [7, 11) is -3.54. The number of para-hydroxylation sites is 1. The minimum atomic E-state index is -3.54. The lowest BCUT2D eigenvalue weighted by Gasteiger charge is -2.11. The summed E-state index contributed by atoms with van der Waals surface area (Å²) in [6.45, 7) is 2.80. The van der Waals surface area contributed by atoms with Gasteiger partial charge in [0.2, 0.25) is 10.0 Å². The highest BCUT2D eigenvalue weighted by Crippen LogP contribution is 2.20. The van der Waals surface area contributed by atoms with Crippen LogP contribution < -0.4 is 10.0 Å². The van der Waals surface area contributed by atoms with Crippen LogP contribution in [0.15, 0.2) is 40.7 Å². The monoisotopic (exact) mass is 297 g/mol. The highest BCUT2D eigenvalue weighted by molar-refractivity contribution is 7.89. The largest absolute Gasteiger partial charge is 0.384 e. The molecule has 2 N–H and O–H groups in total. The average Bonchev–Trinajstić information content (AvgIpc) is 2.91. The van der Waals surface area contributed by atoms with Crippen molar-refractivity contribution in [1.29, 1.82) is 0 Å². The minimum absolute atomic E-state index is 0.209. The van der Waals surface area contributed by atoms with Gasteiger partial charge in [-0.2, -0.15) is 0 Å². The number of hydrogen-bond donors (Lipinski definition) is 2. The lowest BCUT2D eigenvalue weighted by molar-refractivity contribution is 0.581. The molecule has 0 bridgehead atoms. The van der Waals surface area contributed by atoms with Crippen molar-refractivity contribution >= 4 is 27.0 Å². The molecule has 0 aliphatic rings. The molecule has 0 atom stereocenters. The third-order valence-electron chi connectivity index (χ3n) is 2.44.